The van der Waals surface area contributed by atoms with E-state index in [9.17, 15) is 4.79 Å². The third kappa shape index (κ3) is 9.16. The van der Waals surface area contributed by atoms with E-state index in [0.29, 0.717) is 45.3 Å². The molecule has 0 spiro atoms. The van der Waals surface area contributed by atoms with E-state index in [4.69, 9.17) is 58.5 Å². The van der Waals surface area contributed by atoms with Gasteiger partial charge in [0.15, 0.2) is 5.79 Å². The minimum absolute atomic E-state index is 0.223. The fourth-order valence-corrected chi connectivity index (χ4v) is 5.82. The minimum atomic E-state index is -0.905. The fourth-order valence-electron chi connectivity index (χ4n) is 4.94. The number of carbonyl (C=O) groups is 1. The van der Waals surface area contributed by atoms with Crippen molar-refractivity contribution < 1.29 is 28.5 Å². The molecule has 7 nitrogen and oxygen atoms in total. The summed E-state index contributed by atoms with van der Waals surface area (Å²) in [6.07, 6.45) is 0.106. The second kappa shape index (κ2) is 13.5. The molecule has 0 bridgehead atoms. The van der Waals surface area contributed by atoms with Crippen molar-refractivity contribution in [3.8, 4) is 17.2 Å². The number of hydrogen-bond acceptors (Lipinski definition) is 6. The highest BCUT2D eigenvalue weighted by atomic mass is 35.5. The van der Waals surface area contributed by atoms with Gasteiger partial charge in [0.2, 0.25) is 0 Å². The quantitative estimate of drug-likeness (QED) is 0.249. The van der Waals surface area contributed by atoms with Crippen molar-refractivity contribution in [2.75, 3.05) is 13.2 Å². The normalized spacial score (nSPS) is 16.7. The Bertz CT molecular complexity index is 1410. The molecule has 0 radical (unpaired) electrons. The summed E-state index contributed by atoms with van der Waals surface area (Å²) in [6.45, 7) is 11.9. The van der Waals surface area contributed by atoms with Crippen LogP contribution in [0.25, 0.3) is 0 Å². The molecule has 0 aliphatic carbocycles. The van der Waals surface area contributed by atoms with E-state index in [-0.39, 0.29) is 19.1 Å². The van der Waals surface area contributed by atoms with Gasteiger partial charge in [-0.15, -0.1) is 0 Å². The highest BCUT2D eigenvalue weighted by Crippen LogP contribution is 2.41. The van der Waals surface area contributed by atoms with Gasteiger partial charge in [-0.25, -0.2) is 4.79 Å². The molecule has 43 heavy (non-hydrogen) atoms. The molecule has 0 saturated carbocycles. The Morgan fingerprint density at radius 1 is 0.930 bits per heavy atom. The van der Waals surface area contributed by atoms with Crippen LogP contribution in [0.4, 0.5) is 4.79 Å². The first-order chi connectivity index (χ1) is 20.2. The van der Waals surface area contributed by atoms with Crippen LogP contribution >= 0.6 is 34.8 Å². The molecular formula is C33H38Cl3NO6. The van der Waals surface area contributed by atoms with E-state index in [2.05, 4.69) is 5.32 Å². The zero-order valence-corrected chi connectivity index (χ0v) is 27.5. The van der Waals surface area contributed by atoms with Crippen LogP contribution in [0.5, 0.6) is 17.2 Å². The molecule has 1 saturated heterocycles. The van der Waals surface area contributed by atoms with E-state index in [1.54, 1.807) is 30.3 Å². The lowest BCUT2D eigenvalue weighted by atomic mass is 9.77. The number of carbonyl (C=O) groups excluding carboxylic acids is 1. The van der Waals surface area contributed by atoms with Gasteiger partial charge in [-0.2, -0.15) is 0 Å². The van der Waals surface area contributed by atoms with Crippen molar-refractivity contribution in [3.05, 3.63) is 86.9 Å². The van der Waals surface area contributed by atoms with Gasteiger partial charge < -0.3 is 29.0 Å². The summed E-state index contributed by atoms with van der Waals surface area (Å²) in [5.41, 5.74) is 0.118. The van der Waals surface area contributed by atoms with Crippen molar-refractivity contribution in [1.82, 2.24) is 5.32 Å². The van der Waals surface area contributed by atoms with Gasteiger partial charge in [-0.1, -0.05) is 53.9 Å². The van der Waals surface area contributed by atoms with Gasteiger partial charge in [0.05, 0.1) is 18.8 Å². The Morgan fingerprint density at radius 2 is 1.56 bits per heavy atom. The molecule has 1 fully saturated rings. The monoisotopic (exact) mass is 649 g/mol. The van der Waals surface area contributed by atoms with Crippen molar-refractivity contribution >= 4 is 40.9 Å². The standard InChI is InChI=1S/C33H38Cl3NO6/c1-7-28(33(19-40-32(5,6)41-20-33)37-30(38)43-31(2,3)4)27-12-11-26(17-29(27)36)42-25-10-8-9-24(16-25)39-18-21-13-22(34)15-23(35)14-21/h8-17,28H,7,18-20H2,1-6H3,(H,37,38). The molecule has 1 heterocycles. The Hall–Kier alpha value is -2.68. The number of hydrogen-bond donors (Lipinski definition) is 1. The maximum atomic E-state index is 13.0. The van der Waals surface area contributed by atoms with Gasteiger partial charge in [0.1, 0.15) is 29.5 Å². The molecule has 3 aromatic rings. The lowest BCUT2D eigenvalue weighted by molar-refractivity contribution is -0.273. The van der Waals surface area contributed by atoms with Crippen LogP contribution < -0.4 is 14.8 Å². The van der Waals surface area contributed by atoms with E-state index in [1.807, 2.05) is 71.9 Å². The topological polar surface area (TPSA) is 75.3 Å². The number of rotatable bonds is 9. The summed E-state index contributed by atoms with van der Waals surface area (Å²) in [6, 6.07) is 18.1. The van der Waals surface area contributed by atoms with Crippen LogP contribution in [0, 0.1) is 0 Å². The Kier molecular flexibility index (Phi) is 10.5. The zero-order valence-electron chi connectivity index (χ0n) is 25.3. The van der Waals surface area contributed by atoms with Crippen molar-refractivity contribution in [2.45, 2.75) is 77.4 Å². The molecule has 3 aromatic carbocycles. The van der Waals surface area contributed by atoms with E-state index < -0.39 is 23.0 Å². The number of halogens is 3. The molecule has 1 atom stereocenters. The molecule has 232 valence electrons. The number of ether oxygens (including phenoxy) is 5. The maximum Gasteiger partial charge on any atom is 0.408 e. The van der Waals surface area contributed by atoms with Crippen LogP contribution in [0.15, 0.2) is 60.7 Å². The predicted molar refractivity (Wildman–Crippen MR) is 170 cm³/mol. The van der Waals surface area contributed by atoms with Gasteiger partial charge in [0, 0.05) is 27.1 Å². The van der Waals surface area contributed by atoms with Crippen LogP contribution in [0.3, 0.4) is 0 Å². The number of alkyl carbamates (subject to hydrolysis) is 1. The summed E-state index contributed by atoms with van der Waals surface area (Å²) in [5, 5.41) is 4.65. The molecule has 0 aromatic heterocycles. The summed E-state index contributed by atoms with van der Waals surface area (Å²) in [7, 11) is 0. The van der Waals surface area contributed by atoms with Crippen LogP contribution in [-0.2, 0) is 20.8 Å². The first kappa shape index (κ1) is 33.2. The van der Waals surface area contributed by atoms with E-state index in [0.717, 1.165) is 11.1 Å². The summed E-state index contributed by atoms with van der Waals surface area (Å²) < 4.78 is 29.7. The van der Waals surface area contributed by atoms with Crippen LogP contribution in [0.1, 0.15) is 65.0 Å². The Labute approximate surface area is 268 Å². The summed E-state index contributed by atoms with van der Waals surface area (Å²) in [5.74, 6) is 0.732. The van der Waals surface area contributed by atoms with Gasteiger partial charge in [0.25, 0.3) is 0 Å². The average molecular weight is 651 g/mol. The zero-order chi connectivity index (χ0) is 31.4. The molecule has 1 amide bonds. The number of amides is 1. The van der Waals surface area contributed by atoms with Gasteiger partial charge in [-0.3, -0.25) is 0 Å². The fraction of sp³-hybridized carbons (Fsp3) is 0.424. The third-order valence-electron chi connectivity index (χ3n) is 6.90. The lowest BCUT2D eigenvalue weighted by Crippen LogP contribution is -2.64. The van der Waals surface area contributed by atoms with E-state index in [1.165, 1.54) is 0 Å². The first-order valence-corrected chi connectivity index (χ1v) is 15.2. The smallest absolute Gasteiger partial charge is 0.408 e. The van der Waals surface area contributed by atoms with Crippen molar-refractivity contribution in [2.24, 2.45) is 0 Å². The predicted octanol–water partition coefficient (Wildman–Crippen LogP) is 9.56. The molecular weight excluding hydrogens is 613 g/mol. The second-order valence-electron chi connectivity index (χ2n) is 12.0. The molecule has 4 rings (SSSR count). The third-order valence-corrected chi connectivity index (χ3v) is 7.66. The SMILES string of the molecule is CCC(c1ccc(Oc2cccc(OCc3cc(Cl)cc(Cl)c3)c2)cc1Cl)C1(NC(=O)OC(C)(C)C)COC(C)(C)OC1. The lowest BCUT2D eigenvalue weighted by Gasteiger charge is -2.48. The van der Waals surface area contributed by atoms with Crippen molar-refractivity contribution in [1.29, 1.82) is 0 Å². The maximum absolute atomic E-state index is 13.0. The minimum Gasteiger partial charge on any atom is -0.489 e. The summed E-state index contributed by atoms with van der Waals surface area (Å²) >= 11 is 19.1. The number of nitrogens with one attached hydrogen (secondary N) is 1. The van der Waals surface area contributed by atoms with Crippen LogP contribution in [-0.4, -0.2) is 36.2 Å². The molecule has 1 aliphatic rings. The Morgan fingerprint density at radius 3 is 2.16 bits per heavy atom. The second-order valence-corrected chi connectivity index (χ2v) is 13.3. The molecule has 1 unspecified atom stereocenters. The average Bonchev–Trinajstić information content (AvgIpc) is 2.89. The largest absolute Gasteiger partial charge is 0.489 e. The number of benzene rings is 3. The first-order valence-electron chi connectivity index (χ1n) is 14.1. The highest BCUT2D eigenvalue weighted by Gasteiger charge is 2.48. The summed E-state index contributed by atoms with van der Waals surface area (Å²) in [4.78, 5) is 13.0. The van der Waals surface area contributed by atoms with Crippen LogP contribution in [0.2, 0.25) is 15.1 Å². The van der Waals surface area contributed by atoms with E-state index >= 15 is 0 Å². The van der Waals surface area contributed by atoms with Gasteiger partial charge in [-0.05, 0) is 94.6 Å². The van der Waals surface area contributed by atoms with Gasteiger partial charge >= 0.3 is 6.09 Å². The Balaban J connectivity index is 1.52. The molecule has 10 heteroatoms. The molecule has 1 aliphatic heterocycles. The highest BCUT2D eigenvalue weighted by molar-refractivity contribution is 6.34. The van der Waals surface area contributed by atoms with Crippen molar-refractivity contribution in [3.63, 3.8) is 0 Å². The molecule has 1 N–H and O–H groups in total.